The number of carbonyl (C=O) groups is 3. The minimum Gasteiger partial charge on any atom is -0.336 e. The van der Waals surface area contributed by atoms with Crippen LogP contribution in [0.3, 0.4) is 0 Å². The van der Waals surface area contributed by atoms with Gasteiger partial charge in [-0.2, -0.15) is 0 Å². The first-order chi connectivity index (χ1) is 14.4. The van der Waals surface area contributed by atoms with E-state index in [1.807, 2.05) is 19.9 Å². The summed E-state index contributed by atoms with van der Waals surface area (Å²) in [5, 5.41) is 6.35. The number of hydrogen-bond acceptors (Lipinski definition) is 5. The number of Topliss-reactive ketones (excluding diaryl/α,β-unsaturated/α-hetero) is 1. The smallest absolute Gasteiger partial charge is 0.317 e. The van der Waals surface area contributed by atoms with Gasteiger partial charge in [-0.05, 0) is 44.4 Å². The molecule has 2 aliphatic heterocycles. The van der Waals surface area contributed by atoms with E-state index in [0.717, 1.165) is 16.9 Å². The Balaban J connectivity index is 1.39. The Morgan fingerprint density at radius 3 is 2.87 bits per heavy atom. The van der Waals surface area contributed by atoms with Crippen LogP contribution in [0.15, 0.2) is 30.6 Å². The molecule has 0 bridgehead atoms. The normalized spacial score (nSPS) is 18.8. The molecule has 2 aliphatic rings. The Bertz CT molecular complexity index is 1010. The highest BCUT2D eigenvalue weighted by Crippen LogP contribution is 2.31. The summed E-state index contributed by atoms with van der Waals surface area (Å²) < 4.78 is 1.75. The van der Waals surface area contributed by atoms with Crippen LogP contribution in [0.1, 0.15) is 54.5 Å². The molecule has 4 rings (SSSR count). The number of thiazole rings is 1. The molecule has 0 aliphatic carbocycles. The van der Waals surface area contributed by atoms with Crippen LogP contribution in [0.4, 0.5) is 9.93 Å². The van der Waals surface area contributed by atoms with Crippen molar-refractivity contribution in [2.75, 3.05) is 18.4 Å². The standard InChI is InChI=1S/C21H25N5O3S/c1-13(2)23-21(29)25-10-7-14(8-11-25)18-12-22-20(30-18)24-19(28)16-5-6-17(27)15-4-3-9-26(15)16/h3-4,7,9,12-13,16H,5-6,8,10-11H2,1-2H3,(H,23,29)(H,22,24,28). The molecule has 1 atom stereocenters. The van der Waals surface area contributed by atoms with Crippen LogP contribution in [-0.2, 0) is 4.79 Å². The average Bonchev–Trinajstić information content (AvgIpc) is 3.38. The molecule has 158 valence electrons. The number of fused-ring (bicyclic) bond motifs is 1. The molecule has 2 aromatic rings. The molecule has 0 saturated heterocycles. The first kappa shape index (κ1) is 20.3. The third kappa shape index (κ3) is 4.16. The van der Waals surface area contributed by atoms with Crippen molar-refractivity contribution in [3.63, 3.8) is 0 Å². The summed E-state index contributed by atoms with van der Waals surface area (Å²) in [6, 6.07) is 3.21. The van der Waals surface area contributed by atoms with Crippen LogP contribution in [0.5, 0.6) is 0 Å². The van der Waals surface area contributed by atoms with E-state index in [1.165, 1.54) is 11.3 Å². The molecule has 2 aromatic heterocycles. The Hall–Kier alpha value is -2.94. The van der Waals surface area contributed by atoms with Gasteiger partial charge in [0.1, 0.15) is 6.04 Å². The van der Waals surface area contributed by atoms with Crippen molar-refractivity contribution in [2.24, 2.45) is 0 Å². The molecule has 4 heterocycles. The topological polar surface area (TPSA) is 96.3 Å². The molecule has 9 heteroatoms. The van der Waals surface area contributed by atoms with E-state index >= 15 is 0 Å². The average molecular weight is 428 g/mol. The first-order valence-corrected chi connectivity index (χ1v) is 11.0. The Kier molecular flexibility index (Phi) is 5.72. The number of rotatable bonds is 4. The van der Waals surface area contributed by atoms with Gasteiger partial charge in [-0.15, -0.1) is 0 Å². The summed E-state index contributed by atoms with van der Waals surface area (Å²) in [5.41, 5.74) is 1.72. The summed E-state index contributed by atoms with van der Waals surface area (Å²) >= 11 is 1.43. The summed E-state index contributed by atoms with van der Waals surface area (Å²) in [7, 11) is 0. The molecule has 0 spiro atoms. The van der Waals surface area contributed by atoms with Crippen molar-refractivity contribution in [2.45, 2.75) is 45.2 Å². The zero-order valence-corrected chi connectivity index (χ0v) is 17.9. The largest absolute Gasteiger partial charge is 0.336 e. The van der Waals surface area contributed by atoms with E-state index in [2.05, 4.69) is 15.6 Å². The second kappa shape index (κ2) is 8.43. The first-order valence-electron chi connectivity index (χ1n) is 10.1. The van der Waals surface area contributed by atoms with Crippen LogP contribution < -0.4 is 10.6 Å². The number of nitrogens with one attached hydrogen (secondary N) is 2. The maximum absolute atomic E-state index is 12.8. The maximum atomic E-state index is 12.8. The van der Waals surface area contributed by atoms with Crippen molar-refractivity contribution in [1.29, 1.82) is 0 Å². The highest BCUT2D eigenvalue weighted by molar-refractivity contribution is 7.16. The van der Waals surface area contributed by atoms with Gasteiger partial charge in [-0.3, -0.25) is 9.59 Å². The third-order valence-electron chi connectivity index (χ3n) is 5.31. The Morgan fingerprint density at radius 2 is 2.13 bits per heavy atom. The lowest BCUT2D eigenvalue weighted by Crippen LogP contribution is -2.44. The lowest BCUT2D eigenvalue weighted by atomic mass is 10.0. The summed E-state index contributed by atoms with van der Waals surface area (Å²) in [4.78, 5) is 44.0. The van der Waals surface area contributed by atoms with E-state index in [0.29, 0.717) is 36.8 Å². The van der Waals surface area contributed by atoms with Gasteiger partial charge in [0, 0.05) is 37.9 Å². The van der Waals surface area contributed by atoms with Crippen LogP contribution in [0.25, 0.3) is 5.57 Å². The number of aromatic nitrogens is 2. The van der Waals surface area contributed by atoms with Crippen molar-refractivity contribution in [1.82, 2.24) is 19.8 Å². The zero-order chi connectivity index (χ0) is 21.3. The Labute approximate surface area is 179 Å². The molecular formula is C21H25N5O3S. The maximum Gasteiger partial charge on any atom is 0.317 e. The summed E-state index contributed by atoms with van der Waals surface area (Å²) in [6.45, 7) is 5.09. The minimum atomic E-state index is -0.401. The van der Waals surface area contributed by atoms with Gasteiger partial charge in [0.25, 0.3) is 0 Å². The highest BCUT2D eigenvalue weighted by atomic mass is 32.1. The molecule has 30 heavy (non-hydrogen) atoms. The summed E-state index contributed by atoms with van der Waals surface area (Å²) in [6.07, 6.45) is 7.20. The van der Waals surface area contributed by atoms with Gasteiger partial charge in [-0.25, -0.2) is 9.78 Å². The van der Waals surface area contributed by atoms with Gasteiger partial charge >= 0.3 is 6.03 Å². The third-order valence-corrected chi connectivity index (χ3v) is 6.30. The van der Waals surface area contributed by atoms with Crippen molar-refractivity contribution in [3.05, 3.63) is 41.2 Å². The van der Waals surface area contributed by atoms with E-state index in [-0.39, 0.29) is 23.8 Å². The molecular weight excluding hydrogens is 402 g/mol. The van der Waals surface area contributed by atoms with Gasteiger partial charge in [-0.1, -0.05) is 17.4 Å². The van der Waals surface area contributed by atoms with E-state index in [4.69, 9.17) is 0 Å². The highest BCUT2D eigenvalue weighted by Gasteiger charge is 2.30. The molecule has 1 unspecified atom stereocenters. The quantitative estimate of drug-likeness (QED) is 0.782. The lowest BCUT2D eigenvalue weighted by molar-refractivity contribution is -0.119. The van der Waals surface area contributed by atoms with Crippen LogP contribution in [-0.4, -0.2) is 51.3 Å². The van der Waals surface area contributed by atoms with E-state index < -0.39 is 6.04 Å². The fraction of sp³-hybridized carbons (Fsp3) is 0.429. The number of urea groups is 1. The fourth-order valence-electron chi connectivity index (χ4n) is 3.78. The van der Waals surface area contributed by atoms with Crippen LogP contribution in [0, 0.1) is 0 Å². The van der Waals surface area contributed by atoms with Gasteiger partial charge in [0.2, 0.25) is 5.91 Å². The lowest BCUT2D eigenvalue weighted by Gasteiger charge is -2.27. The zero-order valence-electron chi connectivity index (χ0n) is 17.1. The number of ketones is 1. The second-order valence-corrected chi connectivity index (χ2v) is 8.86. The number of carbonyl (C=O) groups excluding carboxylic acids is 3. The van der Waals surface area contributed by atoms with Crippen LogP contribution in [0.2, 0.25) is 0 Å². The van der Waals surface area contributed by atoms with Gasteiger partial charge in [0.15, 0.2) is 10.9 Å². The monoisotopic (exact) mass is 427 g/mol. The second-order valence-electron chi connectivity index (χ2n) is 7.83. The van der Waals surface area contributed by atoms with Crippen molar-refractivity contribution in [3.8, 4) is 0 Å². The van der Waals surface area contributed by atoms with Crippen molar-refractivity contribution < 1.29 is 14.4 Å². The SMILES string of the molecule is CC(C)NC(=O)N1CC=C(c2cnc(NC(=O)C3CCC(=O)c4cccn43)s2)CC1. The molecule has 3 amide bonds. The number of amides is 3. The predicted octanol–water partition coefficient (Wildman–Crippen LogP) is 3.31. The molecule has 0 radical (unpaired) electrons. The van der Waals surface area contributed by atoms with Gasteiger partial charge < -0.3 is 20.1 Å². The van der Waals surface area contributed by atoms with Gasteiger partial charge in [0.05, 0.1) is 10.6 Å². The number of nitrogens with zero attached hydrogens (tertiary/aromatic N) is 3. The molecule has 0 saturated carbocycles. The number of hydrogen-bond donors (Lipinski definition) is 2. The predicted molar refractivity (Wildman–Crippen MR) is 116 cm³/mol. The number of anilines is 1. The molecule has 0 aromatic carbocycles. The van der Waals surface area contributed by atoms with E-state index in [9.17, 15) is 14.4 Å². The van der Waals surface area contributed by atoms with E-state index in [1.54, 1.807) is 34.0 Å². The summed E-state index contributed by atoms with van der Waals surface area (Å²) in [5.74, 6) is -0.0871. The van der Waals surface area contributed by atoms with Crippen LogP contribution >= 0.6 is 11.3 Å². The molecule has 8 nitrogen and oxygen atoms in total. The molecule has 0 fully saturated rings. The van der Waals surface area contributed by atoms with Crippen molar-refractivity contribution >= 4 is 39.8 Å². The molecule has 2 N–H and O–H groups in total. The Morgan fingerprint density at radius 1 is 1.30 bits per heavy atom. The fourth-order valence-corrected chi connectivity index (χ4v) is 4.67. The minimum absolute atomic E-state index is 0.0482.